The Labute approximate surface area is 88.4 Å². The lowest BCUT2D eigenvalue weighted by Crippen LogP contribution is -2.37. The molecule has 0 aromatic carbocycles. The number of rotatable bonds is 3. The molecule has 0 unspecified atom stereocenters. The standard InChI is InChI=1S/C9H16N4O2/c1-2-14-7-3-5-13(6-4-7)9-12-11-8(10)15-9/h7H,2-6H2,1H3,(H2,10,11). The average Bonchev–Trinajstić information content (AvgIpc) is 2.67. The molecule has 2 heterocycles. The summed E-state index contributed by atoms with van der Waals surface area (Å²) in [5.41, 5.74) is 5.37. The zero-order chi connectivity index (χ0) is 10.7. The number of ether oxygens (including phenoxy) is 1. The van der Waals surface area contributed by atoms with Crippen molar-refractivity contribution in [1.82, 2.24) is 10.2 Å². The van der Waals surface area contributed by atoms with E-state index in [2.05, 4.69) is 10.2 Å². The molecule has 0 aliphatic carbocycles. The average molecular weight is 212 g/mol. The highest BCUT2D eigenvalue weighted by Gasteiger charge is 2.22. The van der Waals surface area contributed by atoms with E-state index in [0.29, 0.717) is 12.1 Å². The third-order valence-electron chi connectivity index (χ3n) is 2.54. The van der Waals surface area contributed by atoms with E-state index < -0.39 is 0 Å². The van der Waals surface area contributed by atoms with E-state index in [-0.39, 0.29) is 6.01 Å². The Kier molecular flexibility index (Phi) is 3.05. The van der Waals surface area contributed by atoms with Crippen molar-refractivity contribution in [2.24, 2.45) is 0 Å². The molecule has 15 heavy (non-hydrogen) atoms. The van der Waals surface area contributed by atoms with Crippen LogP contribution in [-0.4, -0.2) is 36.0 Å². The molecule has 2 N–H and O–H groups in total. The van der Waals surface area contributed by atoms with Crippen LogP contribution in [0.1, 0.15) is 19.8 Å². The van der Waals surface area contributed by atoms with Gasteiger partial charge in [0.1, 0.15) is 0 Å². The second-order valence-electron chi connectivity index (χ2n) is 3.56. The first-order chi connectivity index (χ1) is 7.29. The molecule has 1 aliphatic heterocycles. The molecule has 0 atom stereocenters. The molecule has 1 saturated heterocycles. The number of hydrogen-bond acceptors (Lipinski definition) is 6. The van der Waals surface area contributed by atoms with E-state index in [0.717, 1.165) is 32.5 Å². The van der Waals surface area contributed by atoms with E-state index in [1.165, 1.54) is 0 Å². The summed E-state index contributed by atoms with van der Waals surface area (Å²) in [4.78, 5) is 2.04. The summed E-state index contributed by atoms with van der Waals surface area (Å²) in [6.45, 7) is 4.56. The summed E-state index contributed by atoms with van der Waals surface area (Å²) in [6.07, 6.45) is 2.36. The molecule has 1 fully saturated rings. The van der Waals surface area contributed by atoms with Crippen LogP contribution in [0.5, 0.6) is 0 Å². The molecule has 2 rings (SSSR count). The SMILES string of the molecule is CCOC1CCN(c2nnc(N)o2)CC1. The Balaban J connectivity index is 1.88. The first-order valence-electron chi connectivity index (χ1n) is 5.25. The van der Waals surface area contributed by atoms with Gasteiger partial charge in [-0.1, -0.05) is 10.2 Å². The zero-order valence-corrected chi connectivity index (χ0v) is 8.85. The topological polar surface area (TPSA) is 77.4 Å². The summed E-state index contributed by atoms with van der Waals surface area (Å²) in [6, 6.07) is 0.638. The minimum atomic E-state index is 0.122. The third-order valence-corrected chi connectivity index (χ3v) is 2.54. The van der Waals surface area contributed by atoms with Gasteiger partial charge in [-0.15, -0.1) is 0 Å². The third kappa shape index (κ3) is 2.38. The molecule has 1 aliphatic rings. The van der Waals surface area contributed by atoms with Crippen LogP contribution in [0.15, 0.2) is 4.42 Å². The lowest BCUT2D eigenvalue weighted by Gasteiger charge is -2.30. The van der Waals surface area contributed by atoms with Gasteiger partial charge < -0.3 is 19.8 Å². The van der Waals surface area contributed by atoms with Crippen LogP contribution in [0.4, 0.5) is 12.0 Å². The van der Waals surface area contributed by atoms with Crippen LogP contribution in [0, 0.1) is 0 Å². The van der Waals surface area contributed by atoms with Crippen molar-refractivity contribution < 1.29 is 9.15 Å². The first-order valence-corrected chi connectivity index (χ1v) is 5.25. The van der Waals surface area contributed by atoms with Crippen LogP contribution < -0.4 is 10.6 Å². The number of nitrogens with zero attached hydrogens (tertiary/aromatic N) is 3. The summed E-state index contributed by atoms with van der Waals surface area (Å²) in [5, 5.41) is 7.49. The Hall–Kier alpha value is -1.30. The molecular weight excluding hydrogens is 196 g/mol. The second-order valence-corrected chi connectivity index (χ2v) is 3.56. The highest BCUT2D eigenvalue weighted by atomic mass is 16.5. The summed E-state index contributed by atoms with van der Waals surface area (Å²) in [5.74, 6) is 0. The van der Waals surface area contributed by atoms with E-state index in [9.17, 15) is 0 Å². The predicted molar refractivity (Wildman–Crippen MR) is 55.6 cm³/mol. The maximum absolute atomic E-state index is 5.55. The van der Waals surface area contributed by atoms with Gasteiger partial charge in [-0.25, -0.2) is 0 Å². The summed E-state index contributed by atoms with van der Waals surface area (Å²) in [7, 11) is 0. The van der Waals surface area contributed by atoms with Crippen LogP contribution in [-0.2, 0) is 4.74 Å². The van der Waals surface area contributed by atoms with E-state index in [4.69, 9.17) is 14.9 Å². The van der Waals surface area contributed by atoms with Crippen molar-refractivity contribution in [2.45, 2.75) is 25.9 Å². The number of piperidine rings is 1. The fraction of sp³-hybridized carbons (Fsp3) is 0.778. The molecule has 0 bridgehead atoms. The van der Waals surface area contributed by atoms with Crippen molar-refractivity contribution in [2.75, 3.05) is 30.3 Å². The fourth-order valence-corrected chi connectivity index (χ4v) is 1.80. The van der Waals surface area contributed by atoms with Gasteiger partial charge in [0.15, 0.2) is 0 Å². The largest absolute Gasteiger partial charge is 0.390 e. The summed E-state index contributed by atoms with van der Waals surface area (Å²) >= 11 is 0. The number of hydrogen-bond donors (Lipinski definition) is 1. The van der Waals surface area contributed by atoms with Crippen LogP contribution in [0.2, 0.25) is 0 Å². The quantitative estimate of drug-likeness (QED) is 0.793. The van der Waals surface area contributed by atoms with Gasteiger partial charge in [0.25, 0.3) is 0 Å². The van der Waals surface area contributed by atoms with Crippen molar-refractivity contribution >= 4 is 12.0 Å². The van der Waals surface area contributed by atoms with Gasteiger partial charge >= 0.3 is 12.0 Å². The maximum Gasteiger partial charge on any atom is 0.319 e. The number of nitrogen functional groups attached to an aromatic ring is 1. The molecular formula is C9H16N4O2. The van der Waals surface area contributed by atoms with Gasteiger partial charge in [-0.05, 0) is 19.8 Å². The van der Waals surface area contributed by atoms with Gasteiger partial charge in [-0.3, -0.25) is 0 Å². The highest BCUT2D eigenvalue weighted by molar-refractivity contribution is 5.28. The molecule has 6 nitrogen and oxygen atoms in total. The molecule has 0 radical (unpaired) electrons. The van der Waals surface area contributed by atoms with E-state index >= 15 is 0 Å². The minimum Gasteiger partial charge on any atom is -0.390 e. The van der Waals surface area contributed by atoms with E-state index in [1.807, 2.05) is 11.8 Å². The zero-order valence-electron chi connectivity index (χ0n) is 8.85. The fourth-order valence-electron chi connectivity index (χ4n) is 1.80. The molecule has 0 saturated carbocycles. The van der Waals surface area contributed by atoms with Crippen LogP contribution >= 0.6 is 0 Å². The number of anilines is 2. The maximum atomic E-state index is 5.55. The lowest BCUT2D eigenvalue weighted by atomic mass is 10.1. The van der Waals surface area contributed by atoms with Crippen molar-refractivity contribution in [3.8, 4) is 0 Å². The lowest BCUT2D eigenvalue weighted by molar-refractivity contribution is 0.0453. The van der Waals surface area contributed by atoms with Gasteiger partial charge in [0.05, 0.1) is 6.10 Å². The van der Waals surface area contributed by atoms with Gasteiger partial charge in [-0.2, -0.15) is 0 Å². The minimum absolute atomic E-state index is 0.122. The van der Waals surface area contributed by atoms with Crippen LogP contribution in [0.3, 0.4) is 0 Å². The summed E-state index contributed by atoms with van der Waals surface area (Å²) < 4.78 is 10.7. The molecule has 0 spiro atoms. The Bertz CT molecular complexity index is 307. The highest BCUT2D eigenvalue weighted by Crippen LogP contribution is 2.20. The predicted octanol–water partition coefficient (Wildman–Crippen LogP) is 0.657. The second kappa shape index (κ2) is 4.48. The van der Waals surface area contributed by atoms with Gasteiger partial charge in [0, 0.05) is 19.7 Å². The van der Waals surface area contributed by atoms with Crippen molar-refractivity contribution in [3.05, 3.63) is 0 Å². The monoisotopic (exact) mass is 212 g/mol. The number of aromatic nitrogens is 2. The molecule has 1 aromatic heterocycles. The van der Waals surface area contributed by atoms with Crippen molar-refractivity contribution in [1.29, 1.82) is 0 Å². The normalized spacial score (nSPS) is 18.3. The molecule has 1 aromatic rings. The molecule has 84 valence electrons. The smallest absolute Gasteiger partial charge is 0.319 e. The Morgan fingerprint density at radius 2 is 2.20 bits per heavy atom. The molecule has 0 amide bonds. The first kappa shape index (κ1) is 10.2. The van der Waals surface area contributed by atoms with Gasteiger partial charge in [0.2, 0.25) is 0 Å². The molecule has 6 heteroatoms. The number of nitrogens with two attached hydrogens (primary N) is 1. The Morgan fingerprint density at radius 1 is 1.47 bits per heavy atom. The Morgan fingerprint density at radius 3 is 2.73 bits per heavy atom. The van der Waals surface area contributed by atoms with Crippen molar-refractivity contribution in [3.63, 3.8) is 0 Å². The van der Waals surface area contributed by atoms with Crippen LogP contribution in [0.25, 0.3) is 0 Å². The van der Waals surface area contributed by atoms with E-state index in [1.54, 1.807) is 0 Å².